The van der Waals surface area contributed by atoms with E-state index in [1.165, 1.54) is 11.3 Å². The zero-order chi connectivity index (χ0) is 17.8. The Kier molecular flexibility index (Phi) is 5.39. The van der Waals surface area contributed by atoms with Gasteiger partial charge in [-0.25, -0.2) is 0 Å². The van der Waals surface area contributed by atoms with Crippen LogP contribution < -0.4 is 5.32 Å². The molecule has 0 aliphatic carbocycles. The van der Waals surface area contributed by atoms with Gasteiger partial charge in [0.05, 0.1) is 12.2 Å². The maximum atomic E-state index is 12.7. The number of aromatic nitrogens is 4. The van der Waals surface area contributed by atoms with Crippen LogP contribution in [0.15, 0.2) is 11.6 Å². The molecule has 0 unspecified atom stereocenters. The number of piperazine rings is 1. The third-order valence-electron chi connectivity index (χ3n) is 4.05. The summed E-state index contributed by atoms with van der Waals surface area (Å²) >= 11 is 1.29. The number of carbonyl (C=O) groups excluding carboxylic acids is 2. The van der Waals surface area contributed by atoms with E-state index < -0.39 is 0 Å². The zero-order valence-corrected chi connectivity index (χ0v) is 15.1. The van der Waals surface area contributed by atoms with Crippen molar-refractivity contribution < 1.29 is 9.59 Å². The van der Waals surface area contributed by atoms with Crippen LogP contribution in [-0.4, -0.2) is 74.3 Å². The van der Waals surface area contributed by atoms with E-state index in [1.54, 1.807) is 10.2 Å². The second-order valence-electron chi connectivity index (χ2n) is 5.85. The van der Waals surface area contributed by atoms with Gasteiger partial charge < -0.3 is 4.90 Å². The summed E-state index contributed by atoms with van der Waals surface area (Å²) in [6.45, 7) is 7.32. The molecule has 1 N–H and O–H groups in total. The van der Waals surface area contributed by atoms with Gasteiger partial charge in [-0.15, -0.1) is 10.2 Å². The minimum absolute atomic E-state index is 0.000381. The number of rotatable bonds is 5. The highest BCUT2D eigenvalue weighted by Crippen LogP contribution is 2.12. The van der Waals surface area contributed by atoms with Crippen molar-refractivity contribution in [3.8, 4) is 0 Å². The van der Waals surface area contributed by atoms with Gasteiger partial charge in [-0.05, 0) is 19.9 Å². The van der Waals surface area contributed by atoms with Crippen LogP contribution in [0.2, 0.25) is 0 Å². The predicted octanol–water partition coefficient (Wildman–Crippen LogP) is 0.459. The highest BCUT2D eigenvalue weighted by atomic mass is 32.1. The standard InChI is InChI=1S/C15H21N7O2S/c1-3-22-12(8-11(2)19-22)14(24)21-6-4-20(5-7-21)9-13(23)17-15-18-16-10-25-15/h8,10H,3-7,9H2,1-2H3,(H,17,18,23). The lowest BCUT2D eigenvalue weighted by Gasteiger charge is -2.34. The molecule has 0 aromatic carbocycles. The average Bonchev–Trinajstić information content (AvgIpc) is 3.24. The number of hydrogen-bond acceptors (Lipinski definition) is 7. The summed E-state index contributed by atoms with van der Waals surface area (Å²) in [5.74, 6) is -0.114. The molecule has 2 amide bonds. The Bertz CT molecular complexity index is 735. The molecule has 3 heterocycles. The second-order valence-corrected chi connectivity index (χ2v) is 6.68. The van der Waals surface area contributed by atoms with E-state index in [0.717, 1.165) is 5.69 Å². The Morgan fingerprint density at radius 2 is 2.04 bits per heavy atom. The molecule has 25 heavy (non-hydrogen) atoms. The molecule has 1 saturated heterocycles. The summed E-state index contributed by atoms with van der Waals surface area (Å²) in [5.41, 5.74) is 3.04. The van der Waals surface area contributed by atoms with Crippen LogP contribution in [0, 0.1) is 6.92 Å². The van der Waals surface area contributed by atoms with Gasteiger partial charge in [-0.2, -0.15) is 5.10 Å². The first-order chi connectivity index (χ1) is 12.1. The lowest BCUT2D eigenvalue weighted by Crippen LogP contribution is -2.50. The summed E-state index contributed by atoms with van der Waals surface area (Å²) in [4.78, 5) is 28.5. The number of nitrogens with zero attached hydrogens (tertiary/aromatic N) is 6. The van der Waals surface area contributed by atoms with Crippen LogP contribution >= 0.6 is 11.3 Å². The molecule has 0 atom stereocenters. The lowest BCUT2D eigenvalue weighted by molar-refractivity contribution is -0.117. The topological polar surface area (TPSA) is 96.2 Å². The number of carbonyl (C=O) groups is 2. The molecular formula is C15H21N7O2S. The third-order valence-corrected chi connectivity index (χ3v) is 4.66. The van der Waals surface area contributed by atoms with Gasteiger partial charge in [0.1, 0.15) is 11.2 Å². The fraction of sp³-hybridized carbons (Fsp3) is 0.533. The van der Waals surface area contributed by atoms with Crippen molar-refractivity contribution in [1.82, 2.24) is 29.8 Å². The monoisotopic (exact) mass is 363 g/mol. The summed E-state index contributed by atoms with van der Waals surface area (Å²) in [7, 11) is 0. The fourth-order valence-corrected chi connectivity index (χ4v) is 3.28. The van der Waals surface area contributed by atoms with E-state index >= 15 is 0 Å². The first-order valence-electron chi connectivity index (χ1n) is 8.19. The number of amides is 2. The molecule has 2 aromatic heterocycles. The number of nitrogens with one attached hydrogen (secondary N) is 1. The van der Waals surface area contributed by atoms with E-state index in [1.807, 2.05) is 29.7 Å². The number of hydrogen-bond donors (Lipinski definition) is 1. The molecule has 0 bridgehead atoms. The molecular weight excluding hydrogens is 342 g/mol. The molecule has 1 aliphatic heterocycles. The molecule has 0 saturated carbocycles. The first kappa shape index (κ1) is 17.5. The zero-order valence-electron chi connectivity index (χ0n) is 14.3. The Morgan fingerprint density at radius 1 is 1.28 bits per heavy atom. The highest BCUT2D eigenvalue weighted by Gasteiger charge is 2.25. The van der Waals surface area contributed by atoms with Crippen molar-refractivity contribution in [2.24, 2.45) is 0 Å². The molecule has 134 valence electrons. The lowest BCUT2D eigenvalue weighted by atomic mass is 10.2. The van der Waals surface area contributed by atoms with Gasteiger partial charge in [0, 0.05) is 32.7 Å². The van der Waals surface area contributed by atoms with Crippen molar-refractivity contribution in [2.45, 2.75) is 20.4 Å². The summed E-state index contributed by atoms with van der Waals surface area (Å²) in [5, 5.41) is 15.0. The molecule has 0 radical (unpaired) electrons. The highest BCUT2D eigenvalue weighted by molar-refractivity contribution is 7.13. The smallest absolute Gasteiger partial charge is 0.272 e. The molecule has 1 aliphatic rings. The van der Waals surface area contributed by atoms with E-state index in [9.17, 15) is 9.59 Å². The second kappa shape index (κ2) is 7.70. The van der Waals surface area contributed by atoms with Crippen LogP contribution in [0.25, 0.3) is 0 Å². The summed E-state index contributed by atoms with van der Waals surface area (Å²) in [6, 6.07) is 1.83. The normalized spacial score (nSPS) is 15.4. The Labute approximate surface area is 149 Å². The van der Waals surface area contributed by atoms with Crippen molar-refractivity contribution >= 4 is 28.3 Å². The predicted molar refractivity (Wildman–Crippen MR) is 93.5 cm³/mol. The van der Waals surface area contributed by atoms with Gasteiger partial charge in [-0.3, -0.25) is 24.5 Å². The number of aryl methyl sites for hydroxylation is 2. The van der Waals surface area contributed by atoms with Crippen molar-refractivity contribution in [3.05, 3.63) is 23.0 Å². The fourth-order valence-electron chi connectivity index (χ4n) is 2.82. The maximum Gasteiger partial charge on any atom is 0.272 e. The average molecular weight is 363 g/mol. The molecule has 10 heteroatoms. The minimum atomic E-state index is -0.115. The minimum Gasteiger partial charge on any atom is -0.335 e. The Hall–Kier alpha value is -2.33. The summed E-state index contributed by atoms with van der Waals surface area (Å²) < 4.78 is 1.74. The van der Waals surface area contributed by atoms with Gasteiger partial charge >= 0.3 is 0 Å². The third kappa shape index (κ3) is 4.20. The number of anilines is 1. The van der Waals surface area contributed by atoms with Gasteiger partial charge in [0.15, 0.2) is 0 Å². The van der Waals surface area contributed by atoms with Crippen molar-refractivity contribution in [3.63, 3.8) is 0 Å². The largest absolute Gasteiger partial charge is 0.335 e. The van der Waals surface area contributed by atoms with E-state index in [0.29, 0.717) is 43.5 Å². The molecule has 1 fully saturated rings. The van der Waals surface area contributed by atoms with Crippen LogP contribution in [0.3, 0.4) is 0 Å². The van der Waals surface area contributed by atoms with Crippen LogP contribution in [-0.2, 0) is 11.3 Å². The van der Waals surface area contributed by atoms with Gasteiger partial charge in [-0.1, -0.05) is 11.3 Å². The SMILES string of the molecule is CCn1nc(C)cc1C(=O)N1CCN(CC(=O)Nc2nncs2)CC1. The van der Waals surface area contributed by atoms with Crippen LogP contribution in [0.5, 0.6) is 0 Å². The molecule has 3 rings (SSSR count). The Balaban J connectivity index is 1.51. The molecule has 0 spiro atoms. The van der Waals surface area contributed by atoms with E-state index in [-0.39, 0.29) is 18.4 Å². The Morgan fingerprint density at radius 3 is 2.68 bits per heavy atom. The summed E-state index contributed by atoms with van der Waals surface area (Å²) in [6.07, 6.45) is 0. The first-order valence-corrected chi connectivity index (χ1v) is 9.07. The van der Waals surface area contributed by atoms with E-state index in [4.69, 9.17) is 0 Å². The van der Waals surface area contributed by atoms with Crippen LogP contribution in [0.4, 0.5) is 5.13 Å². The molecule has 2 aromatic rings. The van der Waals surface area contributed by atoms with E-state index in [2.05, 4.69) is 20.6 Å². The van der Waals surface area contributed by atoms with Crippen LogP contribution in [0.1, 0.15) is 23.1 Å². The maximum absolute atomic E-state index is 12.7. The van der Waals surface area contributed by atoms with Crippen molar-refractivity contribution in [1.29, 1.82) is 0 Å². The quantitative estimate of drug-likeness (QED) is 0.829. The van der Waals surface area contributed by atoms with Gasteiger partial charge in [0.2, 0.25) is 11.0 Å². The molecule has 9 nitrogen and oxygen atoms in total. The van der Waals surface area contributed by atoms with Crippen molar-refractivity contribution in [2.75, 3.05) is 38.0 Å². The van der Waals surface area contributed by atoms with Gasteiger partial charge in [0.25, 0.3) is 5.91 Å².